The second-order valence-corrected chi connectivity index (χ2v) is 3.58. The third-order valence-electron chi connectivity index (χ3n) is 2.32. The van der Waals surface area contributed by atoms with Crippen molar-refractivity contribution in [2.24, 2.45) is 0 Å². The summed E-state index contributed by atoms with van der Waals surface area (Å²) in [4.78, 5) is 22.4. The molecule has 1 aliphatic rings. The molecular formula is C10H18N2O2. The number of carbonyl (C=O) groups excluding carboxylic acids is 2. The van der Waals surface area contributed by atoms with Crippen molar-refractivity contribution in [3.63, 3.8) is 0 Å². The maximum Gasteiger partial charge on any atom is 0.135 e. The van der Waals surface area contributed by atoms with Gasteiger partial charge in [-0.1, -0.05) is 0 Å². The molecule has 14 heavy (non-hydrogen) atoms. The second kappa shape index (κ2) is 6.68. The van der Waals surface area contributed by atoms with Crippen LogP contribution >= 0.6 is 0 Å². The number of hydrogen-bond donors (Lipinski definition) is 2. The van der Waals surface area contributed by atoms with Crippen molar-refractivity contribution >= 4 is 11.6 Å². The number of nitrogens with one attached hydrogen (secondary N) is 2. The molecule has 4 nitrogen and oxygen atoms in total. The monoisotopic (exact) mass is 198 g/mol. The highest BCUT2D eigenvalue weighted by Crippen LogP contribution is 1.92. The van der Waals surface area contributed by atoms with Gasteiger partial charge in [0.15, 0.2) is 0 Å². The van der Waals surface area contributed by atoms with E-state index in [4.69, 9.17) is 0 Å². The standard InChI is InChI=1S/C10H18N2O2/c13-9-1-5-11-7-3-10(14)4-8-12-6-2-9/h11-12H,1-8H2. The molecule has 0 aromatic rings. The Morgan fingerprint density at radius 1 is 0.643 bits per heavy atom. The molecule has 0 aliphatic carbocycles. The summed E-state index contributed by atoms with van der Waals surface area (Å²) in [6.45, 7) is 2.80. The van der Waals surface area contributed by atoms with Gasteiger partial charge in [0.05, 0.1) is 0 Å². The van der Waals surface area contributed by atoms with E-state index in [1.54, 1.807) is 0 Å². The number of Topliss-reactive ketones (excluding diaryl/α,β-unsaturated/α-hetero) is 2. The molecule has 80 valence electrons. The first kappa shape index (κ1) is 11.3. The zero-order chi connectivity index (χ0) is 10.2. The van der Waals surface area contributed by atoms with Gasteiger partial charge in [-0.05, 0) is 0 Å². The Morgan fingerprint density at radius 2 is 0.929 bits per heavy atom. The molecule has 0 aromatic heterocycles. The van der Waals surface area contributed by atoms with Gasteiger partial charge in [0.2, 0.25) is 0 Å². The lowest BCUT2D eigenvalue weighted by Crippen LogP contribution is -2.27. The summed E-state index contributed by atoms with van der Waals surface area (Å²) in [7, 11) is 0. The average Bonchev–Trinajstić information content (AvgIpc) is 2.14. The van der Waals surface area contributed by atoms with Crippen LogP contribution in [0.1, 0.15) is 25.7 Å². The van der Waals surface area contributed by atoms with E-state index in [0.717, 1.165) is 0 Å². The highest BCUT2D eigenvalue weighted by molar-refractivity contribution is 5.79. The van der Waals surface area contributed by atoms with Gasteiger partial charge < -0.3 is 10.6 Å². The van der Waals surface area contributed by atoms with Crippen molar-refractivity contribution in [3.05, 3.63) is 0 Å². The molecule has 0 bridgehead atoms. The first-order chi connectivity index (χ1) is 6.79. The molecule has 0 atom stereocenters. The summed E-state index contributed by atoms with van der Waals surface area (Å²) in [5.74, 6) is 0.578. The van der Waals surface area contributed by atoms with Crippen LogP contribution in [-0.2, 0) is 9.59 Å². The molecular weight excluding hydrogens is 180 g/mol. The molecule has 1 saturated heterocycles. The maximum absolute atomic E-state index is 11.2. The van der Waals surface area contributed by atoms with Crippen molar-refractivity contribution in [2.45, 2.75) is 25.7 Å². The number of carbonyl (C=O) groups is 2. The lowest BCUT2D eigenvalue weighted by atomic mass is 10.1. The largest absolute Gasteiger partial charge is 0.316 e. The van der Waals surface area contributed by atoms with Crippen LogP contribution in [-0.4, -0.2) is 37.7 Å². The highest BCUT2D eigenvalue weighted by Gasteiger charge is 2.05. The van der Waals surface area contributed by atoms with Crippen LogP contribution in [0, 0.1) is 0 Å². The van der Waals surface area contributed by atoms with Crippen LogP contribution in [0.2, 0.25) is 0 Å². The summed E-state index contributed by atoms with van der Waals surface area (Å²) in [5, 5.41) is 6.20. The Hall–Kier alpha value is -0.740. The van der Waals surface area contributed by atoms with Gasteiger partial charge >= 0.3 is 0 Å². The zero-order valence-electron chi connectivity index (χ0n) is 8.47. The Labute approximate surface area is 84.4 Å². The quantitative estimate of drug-likeness (QED) is 0.569. The van der Waals surface area contributed by atoms with Gasteiger partial charge in [-0.3, -0.25) is 9.59 Å². The molecule has 1 aliphatic heterocycles. The Kier molecular flexibility index (Phi) is 5.40. The fourth-order valence-electron chi connectivity index (χ4n) is 1.41. The lowest BCUT2D eigenvalue weighted by molar-refractivity contribution is -0.118. The number of rotatable bonds is 0. The van der Waals surface area contributed by atoms with Gasteiger partial charge in [0.1, 0.15) is 11.6 Å². The summed E-state index contributed by atoms with van der Waals surface area (Å²) in [6.07, 6.45) is 2.32. The minimum absolute atomic E-state index is 0.289. The third-order valence-corrected chi connectivity index (χ3v) is 2.32. The molecule has 1 heterocycles. The van der Waals surface area contributed by atoms with Crippen molar-refractivity contribution in [3.8, 4) is 0 Å². The van der Waals surface area contributed by atoms with Gasteiger partial charge in [0, 0.05) is 51.9 Å². The molecule has 0 unspecified atom stereocenters. The minimum Gasteiger partial charge on any atom is -0.316 e. The van der Waals surface area contributed by atoms with E-state index in [-0.39, 0.29) is 11.6 Å². The fourth-order valence-corrected chi connectivity index (χ4v) is 1.41. The Balaban J connectivity index is 2.26. The number of ketones is 2. The van der Waals surface area contributed by atoms with E-state index >= 15 is 0 Å². The molecule has 0 amide bonds. The number of hydrogen-bond acceptors (Lipinski definition) is 4. The summed E-state index contributed by atoms with van der Waals surface area (Å²) < 4.78 is 0. The van der Waals surface area contributed by atoms with Crippen LogP contribution < -0.4 is 10.6 Å². The van der Waals surface area contributed by atoms with Gasteiger partial charge in [-0.25, -0.2) is 0 Å². The van der Waals surface area contributed by atoms with Crippen LogP contribution in [0.3, 0.4) is 0 Å². The third kappa shape index (κ3) is 5.09. The van der Waals surface area contributed by atoms with Crippen LogP contribution in [0.4, 0.5) is 0 Å². The zero-order valence-corrected chi connectivity index (χ0v) is 8.47. The second-order valence-electron chi connectivity index (χ2n) is 3.58. The summed E-state index contributed by atoms with van der Waals surface area (Å²) in [6, 6.07) is 0. The van der Waals surface area contributed by atoms with Gasteiger partial charge in [0.25, 0.3) is 0 Å². The molecule has 1 fully saturated rings. The Morgan fingerprint density at radius 3 is 1.21 bits per heavy atom. The summed E-state index contributed by atoms with van der Waals surface area (Å²) in [5.41, 5.74) is 0. The van der Waals surface area contributed by atoms with Crippen molar-refractivity contribution in [2.75, 3.05) is 26.2 Å². The SMILES string of the molecule is O=C1CCNCCC(=O)CCNCC1. The van der Waals surface area contributed by atoms with Crippen molar-refractivity contribution in [1.29, 1.82) is 0 Å². The topological polar surface area (TPSA) is 58.2 Å². The minimum atomic E-state index is 0.289. The van der Waals surface area contributed by atoms with E-state index in [9.17, 15) is 9.59 Å². The predicted molar refractivity (Wildman–Crippen MR) is 54.2 cm³/mol. The fraction of sp³-hybridized carbons (Fsp3) is 0.800. The first-order valence-electron chi connectivity index (χ1n) is 5.24. The normalized spacial score (nSPS) is 22.6. The smallest absolute Gasteiger partial charge is 0.135 e. The summed E-state index contributed by atoms with van der Waals surface area (Å²) >= 11 is 0. The van der Waals surface area contributed by atoms with Crippen LogP contribution in [0.5, 0.6) is 0 Å². The van der Waals surface area contributed by atoms with Gasteiger partial charge in [-0.15, -0.1) is 0 Å². The van der Waals surface area contributed by atoms with Gasteiger partial charge in [-0.2, -0.15) is 0 Å². The molecule has 4 heteroatoms. The highest BCUT2D eigenvalue weighted by atomic mass is 16.1. The molecule has 0 saturated carbocycles. The van der Waals surface area contributed by atoms with Crippen LogP contribution in [0.25, 0.3) is 0 Å². The van der Waals surface area contributed by atoms with Crippen LogP contribution in [0.15, 0.2) is 0 Å². The first-order valence-corrected chi connectivity index (χ1v) is 5.24. The van der Waals surface area contributed by atoms with E-state index < -0.39 is 0 Å². The van der Waals surface area contributed by atoms with E-state index in [0.29, 0.717) is 51.9 Å². The van der Waals surface area contributed by atoms with E-state index in [1.165, 1.54) is 0 Å². The van der Waals surface area contributed by atoms with E-state index in [2.05, 4.69) is 10.6 Å². The lowest BCUT2D eigenvalue weighted by Gasteiger charge is -2.08. The maximum atomic E-state index is 11.2. The molecule has 2 N–H and O–H groups in total. The molecule has 1 rings (SSSR count). The van der Waals surface area contributed by atoms with Crippen molar-refractivity contribution < 1.29 is 9.59 Å². The predicted octanol–water partition coefficient (Wildman–Crippen LogP) is -0.122. The molecule has 0 aromatic carbocycles. The average molecular weight is 198 g/mol. The Bertz CT molecular complexity index is 166. The van der Waals surface area contributed by atoms with Crippen molar-refractivity contribution in [1.82, 2.24) is 10.6 Å². The molecule has 0 spiro atoms. The molecule has 0 radical (unpaired) electrons. The van der Waals surface area contributed by atoms with E-state index in [1.807, 2.05) is 0 Å².